The van der Waals surface area contributed by atoms with Crippen LogP contribution >= 0.6 is 11.9 Å². The minimum Gasteiger partial charge on any atom is -0.332 e. The number of rotatable bonds is 8. The second-order valence-electron chi connectivity index (χ2n) is 7.92. The third-order valence-electron chi connectivity index (χ3n) is 4.78. The topological polar surface area (TPSA) is 92.9 Å². The summed E-state index contributed by atoms with van der Waals surface area (Å²) >= 11 is 1.42. The first-order valence-electron chi connectivity index (χ1n) is 10.2. The van der Waals surface area contributed by atoms with E-state index in [0.717, 1.165) is 16.1 Å². The van der Waals surface area contributed by atoms with Gasteiger partial charge in [0.2, 0.25) is 11.7 Å². The Hall–Kier alpha value is -3.72. The Labute approximate surface area is 195 Å². The van der Waals surface area contributed by atoms with Crippen LogP contribution in [0.15, 0.2) is 82.3 Å². The summed E-state index contributed by atoms with van der Waals surface area (Å²) in [6.07, 6.45) is 1.67. The molecule has 0 bridgehead atoms. The lowest BCUT2D eigenvalue weighted by molar-refractivity contribution is -0.124. The number of benzene rings is 2. The molecule has 0 atom stereocenters. The maximum absolute atomic E-state index is 13.0. The van der Waals surface area contributed by atoms with E-state index in [-0.39, 0.29) is 5.91 Å². The molecule has 1 amide bonds. The number of carbonyl (C=O) groups excluding carboxylic acids is 1. The normalized spacial score (nSPS) is 11.2. The van der Waals surface area contributed by atoms with Crippen LogP contribution in [0.3, 0.4) is 0 Å². The van der Waals surface area contributed by atoms with Crippen LogP contribution in [-0.4, -0.2) is 27.7 Å². The van der Waals surface area contributed by atoms with Gasteiger partial charge in [-0.05, 0) is 80.4 Å². The number of nitrogens with zero attached hydrogens (tertiary/aromatic N) is 3. The van der Waals surface area contributed by atoms with E-state index in [4.69, 9.17) is 4.52 Å². The molecule has 33 heavy (non-hydrogen) atoms. The van der Waals surface area contributed by atoms with Gasteiger partial charge in [0.25, 0.3) is 5.89 Å². The summed E-state index contributed by atoms with van der Waals surface area (Å²) in [7, 11) is 0. The van der Waals surface area contributed by atoms with Crippen LogP contribution in [0.2, 0.25) is 0 Å². The fourth-order valence-electron chi connectivity index (χ4n) is 2.75. The van der Waals surface area contributed by atoms with Crippen LogP contribution < -0.4 is 10.0 Å². The molecular formula is C24H22FN5O2S. The molecule has 0 unspecified atom stereocenters. The third-order valence-corrected chi connectivity index (χ3v) is 5.62. The molecule has 4 aromatic rings. The van der Waals surface area contributed by atoms with Crippen LogP contribution in [0.1, 0.15) is 13.8 Å². The predicted octanol–water partition coefficient (Wildman–Crippen LogP) is 5.85. The lowest BCUT2D eigenvalue weighted by Crippen LogP contribution is -2.32. The van der Waals surface area contributed by atoms with Gasteiger partial charge in [0.1, 0.15) is 12.4 Å². The number of alkyl halides is 1. The monoisotopic (exact) mass is 463 g/mol. The molecule has 4 rings (SSSR count). The van der Waals surface area contributed by atoms with E-state index in [1.807, 2.05) is 54.6 Å². The summed E-state index contributed by atoms with van der Waals surface area (Å²) in [4.78, 5) is 21.8. The van der Waals surface area contributed by atoms with Crippen LogP contribution in [-0.2, 0) is 4.79 Å². The lowest BCUT2D eigenvalue weighted by atomic mass is 9.94. The number of nitrogens with one attached hydrogen (secondary N) is 2. The molecule has 7 nitrogen and oxygen atoms in total. The van der Waals surface area contributed by atoms with Gasteiger partial charge in [-0.2, -0.15) is 4.98 Å². The third kappa shape index (κ3) is 5.56. The zero-order valence-corrected chi connectivity index (χ0v) is 18.9. The highest BCUT2D eigenvalue weighted by atomic mass is 32.2. The summed E-state index contributed by atoms with van der Waals surface area (Å²) in [5.74, 6) is 0.491. The number of hydrogen-bond donors (Lipinski definition) is 2. The maximum Gasteiger partial charge on any atom is 0.276 e. The second-order valence-corrected chi connectivity index (χ2v) is 8.80. The van der Waals surface area contributed by atoms with Gasteiger partial charge in [-0.15, -0.1) is 0 Å². The van der Waals surface area contributed by atoms with Crippen molar-refractivity contribution < 1.29 is 13.7 Å². The lowest BCUT2D eigenvalue weighted by Gasteiger charge is -2.19. The van der Waals surface area contributed by atoms with Crippen molar-refractivity contribution in [3.8, 4) is 23.0 Å². The maximum atomic E-state index is 13.0. The average Bonchev–Trinajstić information content (AvgIpc) is 3.34. The number of halogens is 1. The fourth-order valence-corrected chi connectivity index (χ4v) is 3.38. The Bertz CT molecular complexity index is 1230. The van der Waals surface area contributed by atoms with Crippen molar-refractivity contribution in [3.63, 3.8) is 0 Å². The quantitative estimate of drug-likeness (QED) is 0.317. The van der Waals surface area contributed by atoms with Gasteiger partial charge < -0.3 is 14.6 Å². The molecular weight excluding hydrogens is 441 g/mol. The van der Waals surface area contributed by atoms with Crippen molar-refractivity contribution in [2.75, 3.05) is 16.7 Å². The SMILES string of the molecule is CC(C)(CF)C(=O)Nc1cccc(NSc2ccc(-c3noc(-c4ccccn4)n3)cc2)c1. The molecule has 0 saturated carbocycles. The van der Waals surface area contributed by atoms with Gasteiger partial charge in [-0.3, -0.25) is 9.78 Å². The Kier molecular flexibility index (Phi) is 6.69. The molecule has 0 aliphatic carbocycles. The highest BCUT2D eigenvalue weighted by Crippen LogP contribution is 2.27. The minimum absolute atomic E-state index is 0.363. The molecule has 2 aromatic carbocycles. The van der Waals surface area contributed by atoms with Gasteiger partial charge in [0.05, 0.1) is 5.41 Å². The number of aromatic nitrogens is 3. The van der Waals surface area contributed by atoms with E-state index in [1.165, 1.54) is 11.9 Å². The molecule has 168 valence electrons. The van der Waals surface area contributed by atoms with E-state index in [0.29, 0.717) is 23.1 Å². The number of anilines is 2. The largest absolute Gasteiger partial charge is 0.332 e. The van der Waals surface area contributed by atoms with Gasteiger partial charge >= 0.3 is 0 Å². The molecule has 9 heteroatoms. The summed E-state index contributed by atoms with van der Waals surface area (Å²) in [5, 5.41) is 6.79. The van der Waals surface area contributed by atoms with Crippen LogP contribution in [0, 0.1) is 5.41 Å². The molecule has 0 aliphatic rings. The highest BCUT2D eigenvalue weighted by Gasteiger charge is 2.27. The minimum atomic E-state index is -1.07. The molecule has 2 aromatic heterocycles. The van der Waals surface area contributed by atoms with Crippen molar-refractivity contribution in [2.45, 2.75) is 18.7 Å². The van der Waals surface area contributed by atoms with E-state index >= 15 is 0 Å². The number of carbonyl (C=O) groups is 1. The fraction of sp³-hybridized carbons (Fsp3) is 0.167. The number of pyridine rings is 1. The standard InChI is InChI=1S/C24H22FN5O2S/c1-24(2,15-25)23(31)27-17-6-5-7-18(14-17)30-33-19-11-9-16(10-12-19)21-28-22(32-29-21)20-8-3-4-13-26-20/h3-14,30H,15H2,1-2H3,(H,27,31). The number of amides is 1. The summed E-state index contributed by atoms with van der Waals surface area (Å²) in [6, 6.07) is 20.5. The summed E-state index contributed by atoms with van der Waals surface area (Å²) in [5.41, 5.74) is 1.78. The van der Waals surface area contributed by atoms with Gasteiger partial charge in [-0.25, -0.2) is 4.39 Å². The number of hydrogen-bond acceptors (Lipinski definition) is 7. The first-order chi connectivity index (χ1) is 15.9. The van der Waals surface area contributed by atoms with E-state index in [9.17, 15) is 9.18 Å². The molecule has 0 spiro atoms. The van der Waals surface area contributed by atoms with Gasteiger partial charge in [0.15, 0.2) is 0 Å². The molecule has 0 radical (unpaired) electrons. The predicted molar refractivity (Wildman–Crippen MR) is 127 cm³/mol. The van der Waals surface area contributed by atoms with Crippen LogP contribution in [0.4, 0.5) is 15.8 Å². The van der Waals surface area contributed by atoms with Crippen molar-refractivity contribution in [1.82, 2.24) is 15.1 Å². The van der Waals surface area contributed by atoms with Crippen molar-refractivity contribution >= 4 is 29.2 Å². The van der Waals surface area contributed by atoms with Crippen molar-refractivity contribution in [2.24, 2.45) is 5.41 Å². The second kappa shape index (κ2) is 9.83. The summed E-state index contributed by atoms with van der Waals surface area (Å²) in [6.45, 7) is 2.41. The summed E-state index contributed by atoms with van der Waals surface area (Å²) < 4.78 is 21.6. The Balaban J connectivity index is 1.37. The average molecular weight is 464 g/mol. The van der Waals surface area contributed by atoms with Crippen molar-refractivity contribution in [1.29, 1.82) is 0 Å². The Morgan fingerprint density at radius 3 is 2.58 bits per heavy atom. The van der Waals surface area contributed by atoms with E-state index < -0.39 is 12.1 Å². The van der Waals surface area contributed by atoms with E-state index in [2.05, 4.69) is 25.2 Å². The molecule has 2 heterocycles. The zero-order valence-electron chi connectivity index (χ0n) is 18.1. The molecule has 0 fully saturated rings. The first-order valence-corrected chi connectivity index (χ1v) is 11.0. The van der Waals surface area contributed by atoms with Gasteiger partial charge in [-0.1, -0.05) is 17.3 Å². The Morgan fingerprint density at radius 1 is 1.06 bits per heavy atom. The molecule has 0 saturated heterocycles. The molecule has 2 N–H and O–H groups in total. The first kappa shape index (κ1) is 22.5. The van der Waals surface area contributed by atoms with Gasteiger partial charge in [0, 0.05) is 28.0 Å². The highest BCUT2D eigenvalue weighted by molar-refractivity contribution is 8.00. The Morgan fingerprint density at radius 2 is 1.85 bits per heavy atom. The smallest absolute Gasteiger partial charge is 0.276 e. The van der Waals surface area contributed by atoms with E-state index in [1.54, 1.807) is 32.2 Å². The molecule has 0 aliphatic heterocycles. The van der Waals surface area contributed by atoms with Crippen LogP contribution in [0.25, 0.3) is 23.0 Å². The van der Waals surface area contributed by atoms with Crippen molar-refractivity contribution in [3.05, 3.63) is 72.9 Å². The zero-order chi connectivity index (χ0) is 23.3. The van der Waals surface area contributed by atoms with Crippen LogP contribution in [0.5, 0.6) is 0 Å².